The Hall–Kier alpha value is -1.51. The van der Waals surface area contributed by atoms with Crippen LogP contribution in [0.3, 0.4) is 0 Å². The summed E-state index contributed by atoms with van der Waals surface area (Å²) in [6.45, 7) is 0.692. The molecule has 0 aliphatic carbocycles. The van der Waals surface area contributed by atoms with Gasteiger partial charge in [0.15, 0.2) is 0 Å². The van der Waals surface area contributed by atoms with Crippen LogP contribution >= 0.6 is 11.6 Å². The normalized spacial score (nSPS) is 10.2. The molecule has 0 saturated carbocycles. The van der Waals surface area contributed by atoms with E-state index in [1.54, 1.807) is 7.11 Å². The van der Waals surface area contributed by atoms with Crippen molar-refractivity contribution in [1.82, 2.24) is 0 Å². The average molecular weight is 248 g/mol. The molecule has 0 aliphatic heterocycles. The number of hydrogen-bond donors (Lipinski definition) is 0. The van der Waals surface area contributed by atoms with Gasteiger partial charge < -0.3 is 0 Å². The first-order chi connectivity index (χ1) is 8.29. The summed E-state index contributed by atoms with van der Waals surface area (Å²) in [5.74, 6) is 0. The van der Waals surface area contributed by atoms with Gasteiger partial charge in [0.2, 0.25) is 0 Å². The summed E-state index contributed by atoms with van der Waals surface area (Å²) in [5, 5.41) is 2.58. The zero-order valence-corrected chi connectivity index (χ0v) is 10.4. The molecule has 0 unspecified atom stereocenters. The van der Waals surface area contributed by atoms with Crippen LogP contribution in [-0.2, 0) is 11.4 Å². The van der Waals surface area contributed by atoms with Crippen molar-refractivity contribution in [3.05, 3.63) is 65.2 Å². The lowest BCUT2D eigenvalue weighted by atomic mass is 10.2. The van der Waals surface area contributed by atoms with E-state index in [0.717, 1.165) is 16.3 Å². The van der Waals surface area contributed by atoms with Gasteiger partial charge in [-0.25, -0.2) is 0 Å². The molecule has 0 spiro atoms. The molecule has 0 saturated heterocycles. The van der Waals surface area contributed by atoms with Crippen molar-refractivity contribution in [3.8, 4) is 0 Å². The minimum Gasteiger partial charge on any atom is -0.276 e. The first-order valence-electron chi connectivity index (χ1n) is 5.41. The van der Waals surface area contributed by atoms with Crippen LogP contribution in [0.4, 0.5) is 5.69 Å². The van der Waals surface area contributed by atoms with Gasteiger partial charge in [-0.15, -0.1) is 0 Å². The van der Waals surface area contributed by atoms with Gasteiger partial charge in [-0.05, 0) is 29.8 Å². The van der Waals surface area contributed by atoms with Crippen molar-refractivity contribution in [1.29, 1.82) is 0 Å². The fraction of sp³-hybridized carbons (Fsp3) is 0.143. The molecule has 2 nitrogen and oxygen atoms in total. The second-order valence-electron chi connectivity index (χ2n) is 3.68. The Labute approximate surface area is 106 Å². The predicted molar refractivity (Wildman–Crippen MR) is 71.1 cm³/mol. The van der Waals surface area contributed by atoms with Gasteiger partial charge in [0.25, 0.3) is 0 Å². The van der Waals surface area contributed by atoms with E-state index >= 15 is 0 Å². The summed E-state index contributed by atoms with van der Waals surface area (Å²) in [5.41, 5.74) is 2.19. The standard InChI is InChI=1S/C14H14ClNO/c1-17-16(14-5-3-2-4-6-14)11-12-7-9-13(15)10-8-12/h2-10H,11H2,1H3. The summed E-state index contributed by atoms with van der Waals surface area (Å²) in [6, 6.07) is 17.8. The van der Waals surface area contributed by atoms with Gasteiger partial charge in [-0.3, -0.25) is 9.90 Å². The van der Waals surface area contributed by atoms with Crippen LogP contribution in [0.2, 0.25) is 5.02 Å². The highest BCUT2D eigenvalue weighted by atomic mass is 35.5. The Morgan fingerprint density at radius 2 is 1.65 bits per heavy atom. The largest absolute Gasteiger partial charge is 0.276 e. The quantitative estimate of drug-likeness (QED) is 0.760. The van der Waals surface area contributed by atoms with Crippen LogP contribution in [-0.4, -0.2) is 7.11 Å². The molecule has 0 N–H and O–H groups in total. The number of rotatable bonds is 4. The molecule has 88 valence electrons. The molecule has 2 rings (SSSR count). The zero-order valence-electron chi connectivity index (χ0n) is 9.64. The lowest BCUT2D eigenvalue weighted by molar-refractivity contribution is 0.163. The van der Waals surface area contributed by atoms with E-state index in [1.807, 2.05) is 59.7 Å². The summed E-state index contributed by atoms with van der Waals surface area (Å²) in [4.78, 5) is 5.37. The number of anilines is 1. The maximum absolute atomic E-state index is 5.85. The minimum atomic E-state index is 0.692. The Bertz CT molecular complexity index is 455. The molecule has 0 amide bonds. The van der Waals surface area contributed by atoms with Crippen molar-refractivity contribution in [3.63, 3.8) is 0 Å². The second kappa shape index (κ2) is 5.71. The van der Waals surface area contributed by atoms with Crippen molar-refractivity contribution in [2.75, 3.05) is 12.2 Å². The average Bonchev–Trinajstić information content (AvgIpc) is 2.39. The first kappa shape index (κ1) is 12.0. The van der Waals surface area contributed by atoms with Gasteiger partial charge in [0.05, 0.1) is 19.3 Å². The number of hydroxylamine groups is 1. The monoisotopic (exact) mass is 247 g/mol. The first-order valence-corrected chi connectivity index (χ1v) is 5.78. The van der Waals surface area contributed by atoms with Crippen LogP contribution in [0.1, 0.15) is 5.56 Å². The molecule has 2 aromatic rings. The molecule has 0 atom stereocenters. The van der Waals surface area contributed by atoms with E-state index in [2.05, 4.69) is 0 Å². The molecule has 0 aromatic heterocycles. The van der Waals surface area contributed by atoms with E-state index in [4.69, 9.17) is 16.4 Å². The third-order valence-electron chi connectivity index (χ3n) is 2.50. The zero-order chi connectivity index (χ0) is 12.1. The van der Waals surface area contributed by atoms with Crippen molar-refractivity contribution in [2.45, 2.75) is 6.54 Å². The van der Waals surface area contributed by atoms with Crippen molar-refractivity contribution < 1.29 is 4.84 Å². The molecule has 0 fully saturated rings. The lowest BCUT2D eigenvalue weighted by Crippen LogP contribution is -2.20. The highest BCUT2D eigenvalue weighted by Gasteiger charge is 2.05. The predicted octanol–water partition coefficient (Wildman–Crippen LogP) is 3.91. The molecular weight excluding hydrogens is 234 g/mol. The molecule has 3 heteroatoms. The third kappa shape index (κ3) is 3.22. The number of halogens is 1. The van der Waals surface area contributed by atoms with E-state index in [-0.39, 0.29) is 0 Å². The van der Waals surface area contributed by atoms with Crippen LogP contribution in [0.15, 0.2) is 54.6 Å². The highest BCUT2D eigenvalue weighted by Crippen LogP contribution is 2.17. The van der Waals surface area contributed by atoms with Crippen molar-refractivity contribution >= 4 is 17.3 Å². The minimum absolute atomic E-state index is 0.692. The topological polar surface area (TPSA) is 12.5 Å². The van der Waals surface area contributed by atoms with E-state index in [0.29, 0.717) is 6.54 Å². The Kier molecular flexibility index (Phi) is 4.02. The lowest BCUT2D eigenvalue weighted by Gasteiger charge is -2.21. The van der Waals surface area contributed by atoms with Crippen LogP contribution in [0.5, 0.6) is 0 Å². The fourth-order valence-corrected chi connectivity index (χ4v) is 1.74. The Morgan fingerprint density at radius 3 is 2.24 bits per heavy atom. The van der Waals surface area contributed by atoms with E-state index < -0.39 is 0 Å². The van der Waals surface area contributed by atoms with Crippen molar-refractivity contribution in [2.24, 2.45) is 0 Å². The molecule has 0 aliphatic rings. The molecule has 0 radical (unpaired) electrons. The summed E-state index contributed by atoms with van der Waals surface area (Å²) < 4.78 is 0. The number of hydrogen-bond acceptors (Lipinski definition) is 2. The fourth-order valence-electron chi connectivity index (χ4n) is 1.61. The molecule has 2 aromatic carbocycles. The van der Waals surface area contributed by atoms with Gasteiger partial charge in [-0.2, -0.15) is 0 Å². The van der Waals surface area contributed by atoms with E-state index in [1.165, 1.54) is 0 Å². The second-order valence-corrected chi connectivity index (χ2v) is 4.12. The Balaban J connectivity index is 2.13. The van der Waals surface area contributed by atoms with Gasteiger partial charge in [-0.1, -0.05) is 41.9 Å². The molecular formula is C14H14ClNO. The molecule has 0 bridgehead atoms. The SMILES string of the molecule is CON(Cc1ccc(Cl)cc1)c1ccccc1. The van der Waals surface area contributed by atoms with Crippen LogP contribution in [0, 0.1) is 0 Å². The summed E-state index contributed by atoms with van der Waals surface area (Å²) in [7, 11) is 1.67. The summed E-state index contributed by atoms with van der Waals surface area (Å²) in [6.07, 6.45) is 0. The number of benzene rings is 2. The molecule has 0 heterocycles. The smallest absolute Gasteiger partial charge is 0.0706 e. The number of nitrogens with zero attached hydrogens (tertiary/aromatic N) is 1. The number of para-hydroxylation sites is 1. The molecule has 17 heavy (non-hydrogen) atoms. The van der Waals surface area contributed by atoms with Gasteiger partial charge in [0, 0.05) is 5.02 Å². The van der Waals surface area contributed by atoms with Crippen LogP contribution in [0.25, 0.3) is 0 Å². The Morgan fingerprint density at radius 1 is 1.00 bits per heavy atom. The van der Waals surface area contributed by atoms with Crippen LogP contribution < -0.4 is 5.06 Å². The van der Waals surface area contributed by atoms with Gasteiger partial charge in [0.1, 0.15) is 0 Å². The third-order valence-corrected chi connectivity index (χ3v) is 2.76. The highest BCUT2D eigenvalue weighted by molar-refractivity contribution is 6.30. The summed E-state index contributed by atoms with van der Waals surface area (Å²) >= 11 is 5.85. The van der Waals surface area contributed by atoms with E-state index in [9.17, 15) is 0 Å². The maximum atomic E-state index is 5.85. The van der Waals surface area contributed by atoms with Gasteiger partial charge >= 0.3 is 0 Å². The maximum Gasteiger partial charge on any atom is 0.0706 e.